The number of halogens is 2. The molecule has 3 heterocycles. The molecule has 0 aliphatic heterocycles. The second-order valence-corrected chi connectivity index (χ2v) is 7.44. The molecule has 4 rings (SSSR count). The van der Waals surface area contributed by atoms with E-state index in [9.17, 15) is 19.6 Å². The fourth-order valence-corrected chi connectivity index (χ4v) is 3.10. The Morgan fingerprint density at radius 1 is 1.34 bits per heavy atom. The summed E-state index contributed by atoms with van der Waals surface area (Å²) in [4.78, 5) is 23.6. The number of aromatic nitrogens is 5. The number of hydrogen-bond donors (Lipinski definition) is 3. The van der Waals surface area contributed by atoms with Gasteiger partial charge in [-0.15, -0.1) is 13.2 Å². The van der Waals surface area contributed by atoms with Crippen LogP contribution in [0.3, 0.4) is 0 Å². The molecule has 0 radical (unpaired) electrons. The number of carboxylic acid groups (broad SMARTS) is 1. The first kappa shape index (κ1) is 22.7. The number of carbonyl (C=O) groups is 1. The van der Waals surface area contributed by atoms with Crippen molar-refractivity contribution in [3.8, 4) is 17.6 Å². The molecular weight excluding hydrogens is 420 g/mol. The third kappa shape index (κ3) is 3.99. The lowest BCUT2D eigenvalue weighted by molar-refractivity contribution is -0.141. The van der Waals surface area contributed by atoms with Crippen LogP contribution < -0.4 is 5.32 Å². The number of pyridine rings is 1. The highest BCUT2D eigenvalue weighted by molar-refractivity contribution is 5.88. The smallest absolute Gasteiger partial charge is 0.308 e. The van der Waals surface area contributed by atoms with Crippen molar-refractivity contribution < 1.29 is 18.7 Å². The van der Waals surface area contributed by atoms with Crippen LogP contribution in [0.5, 0.6) is 0 Å². The van der Waals surface area contributed by atoms with Gasteiger partial charge in [0.15, 0.2) is 23.1 Å². The molecule has 9 nitrogen and oxygen atoms in total. The molecule has 2 atom stereocenters. The summed E-state index contributed by atoms with van der Waals surface area (Å²) in [5.41, 5.74) is -0.711. The molecular formula is C21H21F2N7O2. The first-order valence-electron chi connectivity index (χ1n) is 9.74. The van der Waals surface area contributed by atoms with Gasteiger partial charge in [-0.25, -0.2) is 23.7 Å². The Labute approximate surface area is 182 Å². The third-order valence-electron chi connectivity index (χ3n) is 5.37. The topological polar surface area (TPSA) is 140 Å². The number of nitriles is 1. The fourth-order valence-electron chi connectivity index (χ4n) is 3.10. The number of hydrogen-bond acceptors (Lipinski definition) is 7. The van der Waals surface area contributed by atoms with Gasteiger partial charge in [0.2, 0.25) is 0 Å². The van der Waals surface area contributed by atoms with Crippen molar-refractivity contribution in [2.24, 2.45) is 5.92 Å². The Morgan fingerprint density at radius 3 is 2.62 bits per heavy atom. The number of carboxylic acids is 1. The largest absolute Gasteiger partial charge is 0.481 e. The lowest BCUT2D eigenvalue weighted by Crippen LogP contribution is -2.31. The highest BCUT2D eigenvalue weighted by Crippen LogP contribution is 2.48. The molecule has 1 aliphatic rings. The Balaban J connectivity index is 0.00000141. The third-order valence-corrected chi connectivity index (χ3v) is 5.37. The number of H-pyrrole nitrogens is 1. The van der Waals surface area contributed by atoms with Gasteiger partial charge < -0.3 is 10.4 Å². The van der Waals surface area contributed by atoms with Crippen LogP contribution in [-0.2, 0) is 10.2 Å². The monoisotopic (exact) mass is 441 g/mol. The number of aromatic amines is 1. The van der Waals surface area contributed by atoms with Gasteiger partial charge in [-0.2, -0.15) is 10.4 Å². The average molecular weight is 441 g/mol. The zero-order valence-electron chi connectivity index (χ0n) is 17.5. The normalized spacial score (nSPS) is 15.7. The van der Waals surface area contributed by atoms with Crippen molar-refractivity contribution in [2.75, 3.05) is 5.32 Å². The molecule has 0 amide bonds. The molecule has 1 saturated carbocycles. The minimum Gasteiger partial charge on any atom is -0.481 e. The molecule has 11 heteroatoms. The van der Waals surface area contributed by atoms with Crippen LogP contribution in [-0.4, -0.2) is 42.3 Å². The number of aliphatic carboxylic acids is 1. The van der Waals surface area contributed by atoms with Crippen molar-refractivity contribution in [3.05, 3.63) is 42.7 Å². The number of nitrogens with zero attached hydrogens (tertiary/aromatic N) is 5. The zero-order chi connectivity index (χ0) is 23.6. The van der Waals surface area contributed by atoms with Crippen LogP contribution >= 0.6 is 0 Å². The molecule has 166 valence electrons. The van der Waals surface area contributed by atoms with E-state index < -0.39 is 35.0 Å². The minimum absolute atomic E-state index is 0.000466. The van der Waals surface area contributed by atoms with Gasteiger partial charge in [0.1, 0.15) is 22.6 Å². The van der Waals surface area contributed by atoms with Gasteiger partial charge in [0.05, 0.1) is 23.6 Å². The molecule has 3 aromatic rings. The first-order valence-corrected chi connectivity index (χ1v) is 9.74. The van der Waals surface area contributed by atoms with E-state index in [-0.39, 0.29) is 28.7 Å². The maximum Gasteiger partial charge on any atom is 0.308 e. The van der Waals surface area contributed by atoms with E-state index in [1.807, 2.05) is 0 Å². The summed E-state index contributed by atoms with van der Waals surface area (Å²) in [5.74, 6) is -3.52. The second kappa shape index (κ2) is 8.66. The summed E-state index contributed by atoms with van der Waals surface area (Å²) in [5, 5.41) is 28.5. The number of anilines is 1. The van der Waals surface area contributed by atoms with Gasteiger partial charge in [0, 0.05) is 6.04 Å². The first-order chi connectivity index (χ1) is 15.3. The Hall–Kier alpha value is -3.94. The summed E-state index contributed by atoms with van der Waals surface area (Å²) >= 11 is 0. The van der Waals surface area contributed by atoms with Crippen LogP contribution in [0, 0.1) is 28.9 Å². The standard InChI is InChI=1S/C19H17F2N7O2.C2H4/c1-8(18(29)30)9(2)24-16-12(21)14(19(7-22)3-4-19)25-17(26-16)13-11-5-10(20)6-23-15(11)28-27-13;1-2/h5-6,8-9H,3-4H2,1-2H3,(H,29,30)(H,23,27,28)(H,24,25,26);1-2H2. The van der Waals surface area contributed by atoms with E-state index in [1.165, 1.54) is 13.0 Å². The minimum atomic E-state index is -1.07. The highest BCUT2D eigenvalue weighted by Gasteiger charge is 2.49. The lowest BCUT2D eigenvalue weighted by atomic mass is 10.0. The SMILES string of the molecule is C=C.CC(Nc1nc(-c2[nH]nc3ncc(F)cc23)nc(C2(C#N)CC2)c1F)C(C)C(=O)O. The van der Waals surface area contributed by atoms with Crippen molar-refractivity contribution in [2.45, 2.75) is 38.1 Å². The van der Waals surface area contributed by atoms with Gasteiger partial charge in [0.25, 0.3) is 0 Å². The van der Waals surface area contributed by atoms with Crippen LogP contribution in [0.25, 0.3) is 22.6 Å². The van der Waals surface area contributed by atoms with E-state index in [0.717, 1.165) is 6.20 Å². The zero-order valence-corrected chi connectivity index (χ0v) is 17.5. The number of fused-ring (bicyclic) bond motifs is 1. The summed E-state index contributed by atoms with van der Waals surface area (Å²) < 4.78 is 28.9. The van der Waals surface area contributed by atoms with Crippen molar-refractivity contribution in [3.63, 3.8) is 0 Å². The maximum atomic E-state index is 15.2. The second-order valence-electron chi connectivity index (χ2n) is 7.44. The van der Waals surface area contributed by atoms with Gasteiger partial charge in [-0.05, 0) is 32.8 Å². The van der Waals surface area contributed by atoms with Crippen LogP contribution in [0.15, 0.2) is 25.4 Å². The summed E-state index contributed by atoms with van der Waals surface area (Å²) in [7, 11) is 0. The average Bonchev–Trinajstić information content (AvgIpc) is 3.48. The maximum absolute atomic E-state index is 15.2. The molecule has 0 spiro atoms. The number of rotatable bonds is 6. The fraction of sp³-hybridized carbons (Fsp3) is 0.333. The van der Waals surface area contributed by atoms with E-state index in [2.05, 4.69) is 49.7 Å². The summed E-state index contributed by atoms with van der Waals surface area (Å²) in [6, 6.07) is 2.64. The lowest BCUT2D eigenvalue weighted by Gasteiger charge is -2.20. The van der Waals surface area contributed by atoms with Crippen molar-refractivity contribution >= 4 is 22.8 Å². The van der Waals surface area contributed by atoms with Crippen LogP contribution in [0.1, 0.15) is 32.4 Å². The molecule has 0 bridgehead atoms. The molecule has 1 aliphatic carbocycles. The van der Waals surface area contributed by atoms with E-state index in [0.29, 0.717) is 18.2 Å². The van der Waals surface area contributed by atoms with Crippen molar-refractivity contribution in [1.29, 1.82) is 5.26 Å². The molecule has 0 saturated heterocycles. The van der Waals surface area contributed by atoms with E-state index in [1.54, 1.807) is 6.92 Å². The molecule has 3 aromatic heterocycles. The van der Waals surface area contributed by atoms with Crippen LogP contribution in [0.4, 0.5) is 14.6 Å². The predicted octanol–water partition coefficient (Wildman–Crippen LogP) is 3.57. The molecule has 3 N–H and O–H groups in total. The van der Waals surface area contributed by atoms with Gasteiger partial charge in [-0.3, -0.25) is 9.89 Å². The predicted molar refractivity (Wildman–Crippen MR) is 112 cm³/mol. The molecule has 1 fully saturated rings. The van der Waals surface area contributed by atoms with E-state index in [4.69, 9.17) is 0 Å². The summed E-state index contributed by atoms with van der Waals surface area (Å²) in [6.45, 7) is 9.07. The molecule has 0 aromatic carbocycles. The molecule has 32 heavy (non-hydrogen) atoms. The van der Waals surface area contributed by atoms with E-state index >= 15 is 4.39 Å². The van der Waals surface area contributed by atoms with Gasteiger partial charge >= 0.3 is 5.97 Å². The van der Waals surface area contributed by atoms with Gasteiger partial charge in [-0.1, -0.05) is 0 Å². The summed E-state index contributed by atoms with van der Waals surface area (Å²) in [6.07, 6.45) is 1.90. The Kier molecular flexibility index (Phi) is 6.16. The van der Waals surface area contributed by atoms with Crippen molar-refractivity contribution in [1.82, 2.24) is 25.1 Å². The highest BCUT2D eigenvalue weighted by atomic mass is 19.1. The quantitative estimate of drug-likeness (QED) is 0.493. The Morgan fingerprint density at radius 2 is 2.03 bits per heavy atom. The van der Waals surface area contributed by atoms with Crippen LogP contribution in [0.2, 0.25) is 0 Å². The Bertz CT molecular complexity index is 1220. The number of nitrogens with one attached hydrogen (secondary N) is 2. The molecule has 2 unspecified atom stereocenters.